The van der Waals surface area contributed by atoms with Crippen LogP contribution in [0.2, 0.25) is 5.02 Å². The summed E-state index contributed by atoms with van der Waals surface area (Å²) in [5, 5.41) is 13.8. The number of amides is 1. The second-order valence-corrected chi connectivity index (χ2v) is 4.86. The first-order valence-electron chi connectivity index (χ1n) is 6.43. The Bertz CT molecular complexity index is 676. The van der Waals surface area contributed by atoms with E-state index in [0.29, 0.717) is 6.54 Å². The van der Waals surface area contributed by atoms with Gasteiger partial charge in [-0.15, -0.1) is 0 Å². The van der Waals surface area contributed by atoms with E-state index in [-0.39, 0.29) is 29.0 Å². The van der Waals surface area contributed by atoms with Crippen LogP contribution in [0.4, 0.5) is 5.69 Å². The highest BCUT2D eigenvalue weighted by Gasteiger charge is 2.16. The van der Waals surface area contributed by atoms with Gasteiger partial charge in [0.2, 0.25) is 0 Å². The fourth-order valence-electron chi connectivity index (χ4n) is 1.75. The molecule has 0 bridgehead atoms. The number of ether oxygens (including phenoxy) is 1. The van der Waals surface area contributed by atoms with Crippen LogP contribution in [0.15, 0.2) is 48.5 Å². The molecule has 0 atom stereocenters. The van der Waals surface area contributed by atoms with Crippen molar-refractivity contribution in [1.82, 2.24) is 5.32 Å². The average molecular weight is 321 g/mol. The molecule has 0 unspecified atom stereocenters. The predicted octanol–water partition coefficient (Wildman–Crippen LogP) is 2.94. The molecule has 0 fully saturated rings. The molecule has 0 saturated heterocycles. The summed E-state index contributed by atoms with van der Waals surface area (Å²) in [7, 11) is 0. The lowest BCUT2D eigenvalue weighted by Gasteiger charge is -2.08. The fourth-order valence-corrected chi connectivity index (χ4v) is 1.91. The molecular formula is C15H13ClN2O4. The number of nitrogens with one attached hydrogen (secondary N) is 1. The maximum Gasteiger partial charge on any atom is 0.312 e. The summed E-state index contributed by atoms with van der Waals surface area (Å²) >= 11 is 5.70. The third-order valence-electron chi connectivity index (χ3n) is 2.81. The van der Waals surface area contributed by atoms with Crippen molar-refractivity contribution in [2.45, 2.75) is 6.54 Å². The zero-order valence-corrected chi connectivity index (χ0v) is 12.2. The Balaban J connectivity index is 1.90. The van der Waals surface area contributed by atoms with Crippen molar-refractivity contribution in [3.8, 4) is 5.75 Å². The smallest absolute Gasteiger partial charge is 0.312 e. The van der Waals surface area contributed by atoms with E-state index in [4.69, 9.17) is 16.3 Å². The van der Waals surface area contributed by atoms with Crippen molar-refractivity contribution in [1.29, 1.82) is 0 Å². The summed E-state index contributed by atoms with van der Waals surface area (Å²) in [5.41, 5.74) is 0.677. The Kier molecular flexibility index (Phi) is 5.32. The van der Waals surface area contributed by atoms with Crippen LogP contribution in [0, 0.1) is 10.1 Å². The number of carbonyl (C=O) groups is 1. The second kappa shape index (κ2) is 7.42. The average Bonchev–Trinajstić information content (AvgIpc) is 2.52. The monoisotopic (exact) mass is 320 g/mol. The van der Waals surface area contributed by atoms with E-state index in [1.807, 2.05) is 30.3 Å². The van der Waals surface area contributed by atoms with Crippen LogP contribution >= 0.6 is 11.6 Å². The Labute approximate surface area is 131 Å². The molecule has 22 heavy (non-hydrogen) atoms. The van der Waals surface area contributed by atoms with Gasteiger partial charge in [-0.25, -0.2) is 0 Å². The van der Waals surface area contributed by atoms with Gasteiger partial charge in [-0.1, -0.05) is 41.9 Å². The summed E-state index contributed by atoms with van der Waals surface area (Å²) < 4.78 is 5.19. The molecule has 0 aliphatic rings. The number of halogens is 1. The van der Waals surface area contributed by atoms with Gasteiger partial charge in [0.05, 0.1) is 4.92 Å². The van der Waals surface area contributed by atoms with E-state index in [0.717, 1.165) is 5.56 Å². The molecule has 0 spiro atoms. The SMILES string of the molecule is O=C(COc1ccc(Cl)cc1[N+](=O)[O-])NCc1ccccc1. The maximum atomic E-state index is 11.7. The lowest BCUT2D eigenvalue weighted by Crippen LogP contribution is -2.28. The minimum absolute atomic E-state index is 0.00395. The number of rotatable bonds is 6. The second-order valence-electron chi connectivity index (χ2n) is 4.42. The predicted molar refractivity (Wildman–Crippen MR) is 81.9 cm³/mol. The molecule has 114 valence electrons. The minimum atomic E-state index is -0.608. The number of hydrogen-bond donors (Lipinski definition) is 1. The number of carbonyl (C=O) groups excluding carboxylic acids is 1. The van der Waals surface area contributed by atoms with Crippen LogP contribution in [-0.4, -0.2) is 17.4 Å². The molecule has 0 aliphatic carbocycles. The van der Waals surface area contributed by atoms with Crippen molar-refractivity contribution in [2.24, 2.45) is 0 Å². The lowest BCUT2D eigenvalue weighted by atomic mass is 10.2. The Hall–Kier alpha value is -2.60. The molecule has 0 aliphatic heterocycles. The van der Waals surface area contributed by atoms with Crippen molar-refractivity contribution in [3.63, 3.8) is 0 Å². The van der Waals surface area contributed by atoms with Crippen LogP contribution in [0.5, 0.6) is 5.75 Å². The maximum absolute atomic E-state index is 11.7. The van der Waals surface area contributed by atoms with Gasteiger partial charge in [0.1, 0.15) is 0 Å². The molecule has 0 aromatic heterocycles. The van der Waals surface area contributed by atoms with Gasteiger partial charge in [-0.3, -0.25) is 14.9 Å². The largest absolute Gasteiger partial charge is 0.477 e. The van der Waals surface area contributed by atoms with Crippen LogP contribution in [0.25, 0.3) is 0 Å². The summed E-state index contributed by atoms with van der Waals surface area (Å²) in [4.78, 5) is 22.0. The summed E-state index contributed by atoms with van der Waals surface area (Å²) in [6.45, 7) is 0.0566. The van der Waals surface area contributed by atoms with Gasteiger partial charge in [0.25, 0.3) is 5.91 Å². The van der Waals surface area contributed by atoms with Gasteiger partial charge in [-0.2, -0.15) is 0 Å². The lowest BCUT2D eigenvalue weighted by molar-refractivity contribution is -0.385. The third-order valence-corrected chi connectivity index (χ3v) is 3.04. The molecule has 1 N–H and O–H groups in total. The van der Waals surface area contributed by atoms with E-state index in [2.05, 4.69) is 5.32 Å². The highest BCUT2D eigenvalue weighted by Crippen LogP contribution is 2.29. The first-order chi connectivity index (χ1) is 10.6. The number of nitrogens with zero attached hydrogens (tertiary/aromatic N) is 1. The molecule has 0 saturated carbocycles. The fraction of sp³-hybridized carbons (Fsp3) is 0.133. The standard InChI is InChI=1S/C15H13ClN2O4/c16-12-6-7-14(13(8-12)18(20)21)22-10-15(19)17-9-11-4-2-1-3-5-11/h1-8H,9-10H2,(H,17,19). The van der Waals surface area contributed by atoms with Crippen LogP contribution in [-0.2, 0) is 11.3 Å². The molecule has 0 heterocycles. The van der Waals surface area contributed by atoms with E-state index in [9.17, 15) is 14.9 Å². The topological polar surface area (TPSA) is 81.5 Å². The Morgan fingerprint density at radius 1 is 1.23 bits per heavy atom. The van der Waals surface area contributed by atoms with E-state index < -0.39 is 4.92 Å². The minimum Gasteiger partial charge on any atom is -0.477 e. The molecular weight excluding hydrogens is 308 g/mol. The molecule has 2 aromatic carbocycles. The zero-order valence-electron chi connectivity index (χ0n) is 11.5. The number of hydrogen-bond acceptors (Lipinski definition) is 4. The molecule has 6 nitrogen and oxygen atoms in total. The summed E-state index contributed by atoms with van der Waals surface area (Å²) in [6.07, 6.45) is 0. The number of nitro groups is 1. The van der Waals surface area contributed by atoms with Gasteiger partial charge >= 0.3 is 5.69 Å². The number of nitro benzene ring substituents is 1. The van der Waals surface area contributed by atoms with Crippen molar-refractivity contribution < 1.29 is 14.5 Å². The first-order valence-corrected chi connectivity index (χ1v) is 6.81. The summed E-state index contributed by atoms with van der Waals surface area (Å²) in [5.74, 6) is -0.364. The van der Waals surface area contributed by atoms with Crippen LogP contribution < -0.4 is 10.1 Å². The van der Waals surface area contributed by atoms with Gasteiger partial charge < -0.3 is 10.1 Å². The quantitative estimate of drug-likeness (QED) is 0.655. The van der Waals surface area contributed by atoms with Crippen molar-refractivity contribution in [2.75, 3.05) is 6.61 Å². The van der Waals surface area contributed by atoms with E-state index >= 15 is 0 Å². The highest BCUT2D eigenvalue weighted by molar-refractivity contribution is 6.30. The van der Waals surface area contributed by atoms with Crippen LogP contribution in [0.1, 0.15) is 5.56 Å². The normalized spacial score (nSPS) is 10.0. The summed E-state index contributed by atoms with van der Waals surface area (Å²) in [6, 6.07) is 13.4. The molecule has 7 heteroatoms. The molecule has 2 aromatic rings. The third kappa shape index (κ3) is 4.46. The highest BCUT2D eigenvalue weighted by atomic mass is 35.5. The molecule has 2 rings (SSSR count). The zero-order chi connectivity index (χ0) is 15.9. The van der Waals surface area contributed by atoms with Gasteiger partial charge in [0.15, 0.2) is 12.4 Å². The Morgan fingerprint density at radius 3 is 2.64 bits per heavy atom. The van der Waals surface area contributed by atoms with E-state index in [1.165, 1.54) is 18.2 Å². The van der Waals surface area contributed by atoms with Gasteiger partial charge in [0, 0.05) is 17.6 Å². The van der Waals surface area contributed by atoms with Crippen molar-refractivity contribution >= 4 is 23.2 Å². The van der Waals surface area contributed by atoms with Crippen LogP contribution in [0.3, 0.4) is 0 Å². The Morgan fingerprint density at radius 2 is 1.95 bits per heavy atom. The number of benzene rings is 2. The first kappa shape index (κ1) is 15.8. The molecule has 1 amide bonds. The van der Waals surface area contributed by atoms with Gasteiger partial charge in [-0.05, 0) is 17.7 Å². The van der Waals surface area contributed by atoms with Crippen molar-refractivity contribution in [3.05, 3.63) is 69.2 Å². The molecule has 0 radical (unpaired) electrons. The van der Waals surface area contributed by atoms with E-state index in [1.54, 1.807) is 0 Å².